The Morgan fingerprint density at radius 1 is 1.38 bits per heavy atom. The molecule has 0 bridgehead atoms. The van der Waals surface area contributed by atoms with Gasteiger partial charge in [-0.1, -0.05) is 43.1 Å². The summed E-state index contributed by atoms with van der Waals surface area (Å²) in [7, 11) is 0. The molecule has 2 atom stereocenters. The average molecular weight is 287 g/mol. The smallest absolute Gasteiger partial charge is 0.0624 e. The summed E-state index contributed by atoms with van der Waals surface area (Å²) in [5.41, 5.74) is 2.60. The van der Waals surface area contributed by atoms with Crippen LogP contribution in [-0.4, -0.2) is 14.6 Å². The molecule has 0 aliphatic rings. The van der Waals surface area contributed by atoms with E-state index >= 15 is 0 Å². The number of aromatic nitrogens is 2. The van der Waals surface area contributed by atoms with Crippen LogP contribution in [0, 0.1) is 5.92 Å². The van der Waals surface area contributed by atoms with Crippen molar-refractivity contribution >= 4 is 15.9 Å². The van der Waals surface area contributed by atoms with Crippen molar-refractivity contribution < 1.29 is 0 Å². The van der Waals surface area contributed by atoms with E-state index in [0.717, 1.165) is 19.4 Å². The largest absolute Gasteiger partial charge is 0.270 e. The normalized spacial score (nSPS) is 15.1. The average Bonchev–Trinajstić information content (AvgIpc) is 2.67. The van der Waals surface area contributed by atoms with E-state index in [1.807, 2.05) is 0 Å². The summed E-state index contributed by atoms with van der Waals surface area (Å²) >= 11 is 3.70. The molecule has 1 heterocycles. The topological polar surface area (TPSA) is 17.8 Å². The van der Waals surface area contributed by atoms with Crippen LogP contribution in [-0.2, 0) is 19.4 Å². The summed E-state index contributed by atoms with van der Waals surface area (Å²) < 4.78 is 2.15. The molecule has 0 saturated heterocycles. The van der Waals surface area contributed by atoms with Crippen molar-refractivity contribution in [2.24, 2.45) is 5.92 Å². The molecule has 0 fully saturated rings. The van der Waals surface area contributed by atoms with Crippen LogP contribution in [0.4, 0.5) is 0 Å². The number of hydrogen-bond donors (Lipinski definition) is 0. The molecule has 1 rings (SSSR count). The highest BCUT2D eigenvalue weighted by atomic mass is 79.9. The lowest BCUT2D eigenvalue weighted by molar-refractivity contribution is 0.480. The van der Waals surface area contributed by atoms with Crippen molar-refractivity contribution in [3.8, 4) is 0 Å². The molecular formula is C13H23BrN2. The number of halogens is 1. The SMILES string of the molecule is CCc1cc(CC(CC)C(C)Br)n(CC)n1. The predicted molar refractivity (Wildman–Crippen MR) is 73.2 cm³/mol. The molecule has 2 nitrogen and oxygen atoms in total. The van der Waals surface area contributed by atoms with Gasteiger partial charge < -0.3 is 0 Å². The molecule has 1 aromatic rings. The van der Waals surface area contributed by atoms with Crippen LogP contribution < -0.4 is 0 Å². The molecule has 0 aliphatic carbocycles. The highest BCUT2D eigenvalue weighted by Crippen LogP contribution is 2.21. The van der Waals surface area contributed by atoms with Crippen LogP contribution >= 0.6 is 15.9 Å². The van der Waals surface area contributed by atoms with Gasteiger partial charge in [0.2, 0.25) is 0 Å². The molecule has 1 aromatic heterocycles. The van der Waals surface area contributed by atoms with Crippen LogP contribution in [0.25, 0.3) is 0 Å². The summed E-state index contributed by atoms with van der Waals surface area (Å²) in [6.07, 6.45) is 3.37. The van der Waals surface area contributed by atoms with E-state index in [4.69, 9.17) is 0 Å². The van der Waals surface area contributed by atoms with Gasteiger partial charge in [0, 0.05) is 17.1 Å². The molecule has 0 aliphatic heterocycles. The first-order valence-corrected chi connectivity index (χ1v) is 7.23. The number of alkyl halides is 1. The van der Waals surface area contributed by atoms with E-state index in [-0.39, 0.29) is 0 Å². The first-order chi connectivity index (χ1) is 7.62. The van der Waals surface area contributed by atoms with Gasteiger partial charge in [0.25, 0.3) is 0 Å². The molecule has 3 heteroatoms. The lowest BCUT2D eigenvalue weighted by atomic mass is 9.97. The van der Waals surface area contributed by atoms with Crippen molar-refractivity contribution in [3.05, 3.63) is 17.5 Å². The maximum absolute atomic E-state index is 4.60. The first-order valence-electron chi connectivity index (χ1n) is 6.31. The second-order valence-corrected chi connectivity index (χ2v) is 5.79. The highest BCUT2D eigenvalue weighted by molar-refractivity contribution is 9.09. The fraction of sp³-hybridized carbons (Fsp3) is 0.769. The first kappa shape index (κ1) is 13.8. The van der Waals surface area contributed by atoms with Gasteiger partial charge in [-0.2, -0.15) is 5.10 Å². The second kappa shape index (κ2) is 6.43. The van der Waals surface area contributed by atoms with Crippen LogP contribution in [0.3, 0.4) is 0 Å². The lowest BCUT2D eigenvalue weighted by Crippen LogP contribution is -2.15. The third kappa shape index (κ3) is 3.34. The third-order valence-electron chi connectivity index (χ3n) is 3.22. The summed E-state index contributed by atoms with van der Waals surface area (Å²) in [5, 5.41) is 4.60. The van der Waals surface area contributed by atoms with Gasteiger partial charge in [-0.15, -0.1) is 0 Å². The van der Waals surface area contributed by atoms with Crippen molar-refractivity contribution in [2.45, 2.75) is 58.3 Å². The summed E-state index contributed by atoms with van der Waals surface area (Å²) in [5.74, 6) is 0.701. The number of rotatable bonds is 6. The van der Waals surface area contributed by atoms with Gasteiger partial charge in [-0.3, -0.25) is 4.68 Å². The van der Waals surface area contributed by atoms with E-state index in [2.05, 4.69) is 59.5 Å². The van der Waals surface area contributed by atoms with Crippen molar-refractivity contribution in [3.63, 3.8) is 0 Å². The minimum Gasteiger partial charge on any atom is -0.270 e. The quantitative estimate of drug-likeness (QED) is 0.727. The van der Waals surface area contributed by atoms with Gasteiger partial charge >= 0.3 is 0 Å². The molecule has 0 saturated carbocycles. The summed E-state index contributed by atoms with van der Waals surface area (Å²) in [6.45, 7) is 9.80. The molecule has 0 amide bonds. The van der Waals surface area contributed by atoms with E-state index < -0.39 is 0 Å². The predicted octanol–water partition coefficient (Wildman–Crippen LogP) is 3.82. The monoisotopic (exact) mass is 286 g/mol. The Morgan fingerprint density at radius 2 is 2.06 bits per heavy atom. The van der Waals surface area contributed by atoms with E-state index in [1.54, 1.807) is 0 Å². The molecule has 92 valence electrons. The fourth-order valence-electron chi connectivity index (χ4n) is 2.03. The third-order valence-corrected chi connectivity index (χ3v) is 3.97. The van der Waals surface area contributed by atoms with Crippen molar-refractivity contribution in [1.82, 2.24) is 9.78 Å². The van der Waals surface area contributed by atoms with Gasteiger partial charge in [0.1, 0.15) is 0 Å². The molecule has 2 unspecified atom stereocenters. The Morgan fingerprint density at radius 3 is 2.50 bits per heavy atom. The number of hydrogen-bond acceptors (Lipinski definition) is 1. The standard InChI is InChI=1S/C13H23BrN2/c1-5-11(10(4)14)8-13-9-12(6-2)15-16(13)7-3/h9-11H,5-8H2,1-4H3. The minimum atomic E-state index is 0.572. The Balaban J connectivity index is 2.81. The summed E-state index contributed by atoms with van der Waals surface area (Å²) in [6, 6.07) is 2.27. The maximum Gasteiger partial charge on any atom is 0.0624 e. The van der Waals surface area contributed by atoms with Gasteiger partial charge in [-0.05, 0) is 31.7 Å². The van der Waals surface area contributed by atoms with E-state index in [9.17, 15) is 0 Å². The van der Waals surface area contributed by atoms with Crippen LogP contribution in [0.1, 0.15) is 45.5 Å². The minimum absolute atomic E-state index is 0.572. The maximum atomic E-state index is 4.60. The number of aryl methyl sites for hydroxylation is 2. The molecular weight excluding hydrogens is 264 g/mol. The molecule has 0 N–H and O–H groups in total. The zero-order valence-corrected chi connectivity index (χ0v) is 12.4. The molecule has 16 heavy (non-hydrogen) atoms. The number of nitrogens with zero attached hydrogens (tertiary/aromatic N) is 2. The molecule has 0 radical (unpaired) electrons. The lowest BCUT2D eigenvalue weighted by Gasteiger charge is -2.17. The Kier molecular flexibility index (Phi) is 5.53. The van der Waals surface area contributed by atoms with Crippen LogP contribution in [0.5, 0.6) is 0 Å². The second-order valence-electron chi connectivity index (χ2n) is 4.35. The highest BCUT2D eigenvalue weighted by Gasteiger charge is 2.16. The Hall–Kier alpha value is -0.310. The van der Waals surface area contributed by atoms with Gasteiger partial charge in [-0.25, -0.2) is 0 Å². The van der Waals surface area contributed by atoms with Gasteiger partial charge in [0.05, 0.1) is 5.69 Å². The Labute approximate surface area is 108 Å². The van der Waals surface area contributed by atoms with Gasteiger partial charge in [0.15, 0.2) is 0 Å². The Bertz CT molecular complexity index is 318. The zero-order chi connectivity index (χ0) is 12.1. The zero-order valence-electron chi connectivity index (χ0n) is 10.8. The molecule has 0 spiro atoms. The van der Waals surface area contributed by atoms with E-state index in [0.29, 0.717) is 10.7 Å². The van der Waals surface area contributed by atoms with Crippen molar-refractivity contribution in [1.29, 1.82) is 0 Å². The van der Waals surface area contributed by atoms with Crippen molar-refractivity contribution in [2.75, 3.05) is 0 Å². The fourth-order valence-corrected chi connectivity index (χ4v) is 2.59. The van der Waals surface area contributed by atoms with Crippen LogP contribution in [0.2, 0.25) is 0 Å². The summed E-state index contributed by atoms with van der Waals surface area (Å²) in [4.78, 5) is 0.572. The molecule has 0 aromatic carbocycles. The van der Waals surface area contributed by atoms with E-state index in [1.165, 1.54) is 17.8 Å². The van der Waals surface area contributed by atoms with Crippen LogP contribution in [0.15, 0.2) is 6.07 Å².